The van der Waals surface area contributed by atoms with E-state index in [0.717, 1.165) is 102 Å². The Hall–Kier alpha value is -7.45. The van der Waals surface area contributed by atoms with E-state index in [-0.39, 0.29) is 58.6 Å². The van der Waals surface area contributed by atoms with Gasteiger partial charge in [-0.05, 0) is 126 Å². The number of piperidine rings is 3. The first-order chi connectivity index (χ1) is 38.5. The fraction of sp³-hybridized carbons (Fsp3) is 0.576. The first-order valence-corrected chi connectivity index (χ1v) is 29.2. The number of anilines is 6. The third-order valence-corrected chi connectivity index (χ3v) is 17.9. The number of hydrogen-bond donors (Lipinski definition) is 4. The third kappa shape index (κ3) is 11.5. The number of likely N-dealkylation sites (tertiary alicyclic amines) is 1. The van der Waals surface area contributed by atoms with E-state index in [1.807, 2.05) is 71.9 Å². The van der Waals surface area contributed by atoms with Crippen LogP contribution in [0.25, 0.3) is 0 Å². The molecule has 5 saturated heterocycles. The summed E-state index contributed by atoms with van der Waals surface area (Å²) in [5.74, 6) is 0.288. The van der Waals surface area contributed by atoms with Gasteiger partial charge >= 0.3 is 18.2 Å². The van der Waals surface area contributed by atoms with Crippen LogP contribution in [0.1, 0.15) is 156 Å². The van der Waals surface area contributed by atoms with Crippen LogP contribution in [-0.4, -0.2) is 163 Å². The lowest BCUT2D eigenvalue weighted by molar-refractivity contribution is 0.00205. The van der Waals surface area contributed by atoms with Gasteiger partial charge in [-0.2, -0.15) is 0 Å². The maximum absolute atomic E-state index is 14.0. The second-order valence-corrected chi connectivity index (χ2v) is 24.4. The minimum absolute atomic E-state index is 0.0113. The Morgan fingerprint density at radius 2 is 1.01 bits per heavy atom. The molecule has 7 aliphatic rings. The van der Waals surface area contributed by atoms with Crippen LogP contribution in [-0.2, 0) is 10.2 Å². The number of nitrogens with one attached hydrogen (secondary N) is 2. The molecule has 2 aromatic heterocycles. The maximum atomic E-state index is 14.0. The standard InChI is InChI=1S/C59H79N15O6/c1-58(2,3)80-57(79)74-28-25-59(4,39-19-23-41(24-20-39)65-54-50(52(61)76)63-35-48(67-54)69-27-10-16-45(37-69)73-32-30-71(56(73)78)43-13-7-8-14-43)33-46(74)38-17-21-40(22-18-38)64-53-49(51(60)75)62-34-47(66-53)68-26-9-15-44(36-68)72-31-29-70(55(72)77)42-11-5-6-12-42/h17-24,34-35,42-46H,5-16,25-33,36-37H2,1-4H3,(H2,60,75)(H2,61,76)(H,64,66)(H,65,67). The molecule has 426 valence electrons. The number of amides is 7. The lowest BCUT2D eigenvalue weighted by Gasteiger charge is -2.45. The molecule has 11 rings (SSSR count). The van der Waals surface area contributed by atoms with Crippen molar-refractivity contribution >= 4 is 64.6 Å². The van der Waals surface area contributed by atoms with Gasteiger partial charge in [0.1, 0.15) is 17.2 Å². The molecule has 80 heavy (non-hydrogen) atoms. The van der Waals surface area contributed by atoms with Crippen molar-refractivity contribution < 1.29 is 28.7 Å². The molecule has 4 atom stereocenters. The van der Waals surface area contributed by atoms with Gasteiger partial charge in [0.05, 0.1) is 30.5 Å². The van der Waals surface area contributed by atoms with Crippen molar-refractivity contribution in [3.63, 3.8) is 0 Å². The number of aromatic nitrogens is 4. The molecule has 6 N–H and O–H groups in total. The lowest BCUT2D eigenvalue weighted by atomic mass is 9.71. The number of ether oxygens (including phenoxy) is 1. The van der Waals surface area contributed by atoms with Gasteiger partial charge in [0.2, 0.25) is 0 Å². The predicted molar refractivity (Wildman–Crippen MR) is 305 cm³/mol. The molecule has 4 aromatic rings. The summed E-state index contributed by atoms with van der Waals surface area (Å²) in [5, 5.41) is 6.66. The average Bonchev–Trinajstić information content (AvgIpc) is 4.33. The molecule has 7 fully saturated rings. The summed E-state index contributed by atoms with van der Waals surface area (Å²) < 4.78 is 5.99. The van der Waals surface area contributed by atoms with E-state index >= 15 is 0 Å². The summed E-state index contributed by atoms with van der Waals surface area (Å²) in [6, 6.07) is 16.6. The quantitative estimate of drug-likeness (QED) is 0.0929. The molecule has 7 amide bonds. The predicted octanol–water partition coefficient (Wildman–Crippen LogP) is 8.28. The molecule has 4 unspecified atom stereocenters. The first kappa shape index (κ1) is 54.5. The zero-order valence-electron chi connectivity index (χ0n) is 46.9. The van der Waals surface area contributed by atoms with E-state index in [1.165, 1.54) is 25.7 Å². The fourth-order valence-corrected chi connectivity index (χ4v) is 13.6. The van der Waals surface area contributed by atoms with Gasteiger partial charge in [-0.25, -0.2) is 34.3 Å². The largest absolute Gasteiger partial charge is 0.444 e. The molecule has 0 spiro atoms. The molecule has 0 radical (unpaired) electrons. The summed E-state index contributed by atoms with van der Waals surface area (Å²) in [5.41, 5.74) is 14.0. The summed E-state index contributed by atoms with van der Waals surface area (Å²) in [7, 11) is 0. The highest BCUT2D eigenvalue weighted by molar-refractivity contribution is 5.97. The zero-order valence-corrected chi connectivity index (χ0v) is 46.9. The number of rotatable bonds is 14. The van der Waals surface area contributed by atoms with E-state index < -0.39 is 23.5 Å². The summed E-state index contributed by atoms with van der Waals surface area (Å²) in [6.07, 6.45) is 16.7. The molecule has 0 bridgehead atoms. The van der Waals surface area contributed by atoms with Crippen LogP contribution in [0, 0.1) is 0 Å². The van der Waals surface area contributed by atoms with E-state index in [9.17, 15) is 24.0 Å². The first-order valence-electron chi connectivity index (χ1n) is 29.2. The monoisotopic (exact) mass is 1090 g/mol. The van der Waals surface area contributed by atoms with Crippen LogP contribution >= 0.6 is 0 Å². The van der Waals surface area contributed by atoms with E-state index in [2.05, 4.69) is 59.3 Å². The van der Waals surface area contributed by atoms with Crippen LogP contribution < -0.4 is 31.9 Å². The van der Waals surface area contributed by atoms with Crippen molar-refractivity contribution in [3.05, 3.63) is 83.4 Å². The Morgan fingerprint density at radius 3 is 1.45 bits per heavy atom. The smallest absolute Gasteiger partial charge is 0.410 e. The third-order valence-electron chi connectivity index (χ3n) is 17.9. The summed E-state index contributed by atoms with van der Waals surface area (Å²) in [4.78, 5) is 99.9. The van der Waals surface area contributed by atoms with Crippen LogP contribution in [0.3, 0.4) is 0 Å². The van der Waals surface area contributed by atoms with Crippen molar-refractivity contribution in [2.24, 2.45) is 11.5 Å². The topological polar surface area (TPSA) is 245 Å². The van der Waals surface area contributed by atoms with Crippen molar-refractivity contribution in [2.45, 2.75) is 159 Å². The van der Waals surface area contributed by atoms with E-state index in [0.29, 0.717) is 67.6 Å². The van der Waals surface area contributed by atoms with Crippen LogP contribution in [0.15, 0.2) is 60.9 Å². The van der Waals surface area contributed by atoms with Crippen LogP contribution in [0.4, 0.5) is 49.0 Å². The van der Waals surface area contributed by atoms with Crippen LogP contribution in [0.5, 0.6) is 0 Å². The molecule has 2 aliphatic carbocycles. The Balaban J connectivity index is 0.779. The molecular formula is C59H79N15O6. The minimum atomic E-state index is -0.712. The van der Waals surface area contributed by atoms with Gasteiger partial charge in [-0.1, -0.05) is 56.9 Å². The van der Waals surface area contributed by atoms with Gasteiger partial charge in [-0.3, -0.25) is 9.59 Å². The second-order valence-electron chi connectivity index (χ2n) is 24.4. The zero-order chi connectivity index (χ0) is 55.9. The number of hydrogen-bond acceptors (Lipinski definition) is 14. The van der Waals surface area contributed by atoms with E-state index in [1.54, 1.807) is 12.4 Å². The van der Waals surface area contributed by atoms with Crippen LogP contribution in [0.2, 0.25) is 0 Å². The number of benzene rings is 2. The SMILES string of the molecule is CC(C)(C)OC(=O)N1CCC(C)(c2ccc(Nc3nc(N4CCCC(N5CCN(C6CCCC6)C5=O)C4)cnc3C(N)=O)cc2)CC1c1ccc(Nc2nc(N3CCCC(N4CCN(C5CCCC5)C4=O)C3)cnc2C(N)=O)cc1. The lowest BCUT2D eigenvalue weighted by Crippen LogP contribution is -2.50. The highest BCUT2D eigenvalue weighted by Crippen LogP contribution is 2.45. The van der Waals surface area contributed by atoms with Gasteiger partial charge in [0.25, 0.3) is 11.8 Å². The highest BCUT2D eigenvalue weighted by atomic mass is 16.6. The minimum Gasteiger partial charge on any atom is -0.444 e. The molecule has 2 saturated carbocycles. The van der Waals surface area contributed by atoms with Crippen molar-refractivity contribution in [2.75, 3.05) is 79.3 Å². The number of primary amides is 2. The van der Waals surface area contributed by atoms with Gasteiger partial charge in [-0.15, -0.1) is 0 Å². The molecular weight excluding hydrogens is 1010 g/mol. The Kier molecular flexibility index (Phi) is 15.4. The normalized spacial score (nSPS) is 24.3. The number of carbonyl (C=O) groups excluding carboxylic acids is 5. The van der Waals surface area contributed by atoms with Gasteiger partial charge in [0, 0.05) is 82.4 Å². The maximum Gasteiger partial charge on any atom is 0.410 e. The summed E-state index contributed by atoms with van der Waals surface area (Å²) in [6.45, 7) is 14.0. The van der Waals surface area contributed by atoms with Crippen molar-refractivity contribution in [1.82, 2.24) is 44.4 Å². The van der Waals surface area contributed by atoms with Gasteiger partial charge < -0.3 is 61.1 Å². The number of carbonyl (C=O) groups is 5. The highest BCUT2D eigenvalue weighted by Gasteiger charge is 2.44. The fourth-order valence-electron chi connectivity index (χ4n) is 13.6. The molecule has 21 nitrogen and oxygen atoms in total. The number of nitrogens with zero attached hydrogens (tertiary/aromatic N) is 11. The average molecular weight is 1090 g/mol. The Morgan fingerprint density at radius 1 is 0.588 bits per heavy atom. The molecule has 21 heteroatoms. The number of urea groups is 2. The Labute approximate surface area is 469 Å². The Bertz CT molecular complexity index is 2940. The van der Waals surface area contributed by atoms with Crippen molar-refractivity contribution in [1.29, 1.82) is 0 Å². The van der Waals surface area contributed by atoms with Crippen molar-refractivity contribution in [3.8, 4) is 0 Å². The second kappa shape index (κ2) is 22.6. The molecule has 7 heterocycles. The molecule has 2 aromatic carbocycles. The van der Waals surface area contributed by atoms with E-state index in [4.69, 9.17) is 26.2 Å². The number of nitrogens with two attached hydrogens (primary N) is 2. The van der Waals surface area contributed by atoms with Gasteiger partial charge in [0.15, 0.2) is 23.0 Å². The molecule has 5 aliphatic heterocycles. The summed E-state index contributed by atoms with van der Waals surface area (Å²) >= 11 is 0.